The van der Waals surface area contributed by atoms with Crippen molar-refractivity contribution in [2.24, 2.45) is 0 Å². The number of para-hydroxylation sites is 1. The van der Waals surface area contributed by atoms with E-state index >= 15 is 0 Å². The van der Waals surface area contributed by atoms with Crippen molar-refractivity contribution in [1.29, 1.82) is 0 Å². The number of fused-ring (bicyclic) bond motifs is 1. The molecule has 0 saturated heterocycles. The quantitative estimate of drug-likeness (QED) is 0.719. The van der Waals surface area contributed by atoms with Crippen molar-refractivity contribution in [2.75, 3.05) is 6.54 Å². The fourth-order valence-electron chi connectivity index (χ4n) is 2.59. The number of nitrogens with one attached hydrogen (secondary N) is 2. The maximum atomic E-state index is 12.3. The van der Waals surface area contributed by atoms with Crippen LogP contribution >= 0.6 is 22.9 Å². The molecule has 23 heavy (non-hydrogen) atoms. The summed E-state index contributed by atoms with van der Waals surface area (Å²) in [5, 5.41) is 4.14. The van der Waals surface area contributed by atoms with E-state index in [1.54, 1.807) is 0 Å². The molecular weight excluding hydrogens is 330 g/mol. The molecule has 4 nitrogen and oxygen atoms in total. The summed E-state index contributed by atoms with van der Waals surface area (Å²) < 4.78 is 0.412. The molecule has 0 spiro atoms. The second-order valence-corrected chi connectivity index (χ2v) is 7.31. The Labute approximate surface area is 143 Å². The molecule has 120 valence electrons. The molecule has 0 atom stereocenters. The molecule has 0 aliphatic carbocycles. The summed E-state index contributed by atoms with van der Waals surface area (Å²) in [5.41, 5.74) is 2.76. The van der Waals surface area contributed by atoms with E-state index in [9.17, 15) is 4.79 Å². The zero-order valence-corrected chi connectivity index (χ0v) is 14.6. The Balaban J connectivity index is 1.66. The molecule has 3 aromatic rings. The lowest BCUT2D eigenvalue weighted by Crippen LogP contribution is -2.27. The van der Waals surface area contributed by atoms with Crippen LogP contribution in [-0.4, -0.2) is 22.4 Å². The van der Waals surface area contributed by atoms with Crippen LogP contribution in [0.5, 0.6) is 0 Å². The van der Waals surface area contributed by atoms with Crippen LogP contribution in [0.25, 0.3) is 10.9 Å². The predicted octanol–water partition coefficient (Wildman–Crippen LogP) is 4.37. The van der Waals surface area contributed by atoms with E-state index in [0.29, 0.717) is 16.7 Å². The van der Waals surface area contributed by atoms with E-state index in [1.165, 1.54) is 22.3 Å². The van der Waals surface area contributed by atoms with Gasteiger partial charge in [0, 0.05) is 28.5 Å². The van der Waals surface area contributed by atoms with Gasteiger partial charge in [-0.05, 0) is 24.0 Å². The fourth-order valence-corrected chi connectivity index (χ4v) is 3.71. The molecule has 2 N–H and O–H groups in total. The lowest BCUT2D eigenvalue weighted by molar-refractivity contribution is 0.0948. The summed E-state index contributed by atoms with van der Waals surface area (Å²) in [7, 11) is 0. The molecule has 2 aromatic heterocycles. The van der Waals surface area contributed by atoms with Crippen LogP contribution in [0.3, 0.4) is 0 Å². The fraction of sp³-hybridized carbons (Fsp3) is 0.294. The summed E-state index contributed by atoms with van der Waals surface area (Å²) in [6.07, 6.45) is 2.76. The highest BCUT2D eigenvalue weighted by Crippen LogP contribution is 2.29. The van der Waals surface area contributed by atoms with Gasteiger partial charge < -0.3 is 10.3 Å². The van der Waals surface area contributed by atoms with Gasteiger partial charge in [0.2, 0.25) is 0 Å². The van der Waals surface area contributed by atoms with Crippen molar-refractivity contribution in [1.82, 2.24) is 15.3 Å². The molecule has 0 saturated carbocycles. The normalized spacial score (nSPS) is 11.3. The van der Waals surface area contributed by atoms with E-state index < -0.39 is 0 Å². The molecule has 0 aliphatic rings. The Bertz CT molecular complexity index is 837. The Morgan fingerprint density at radius 3 is 2.96 bits per heavy atom. The summed E-state index contributed by atoms with van der Waals surface area (Å²) in [5.74, 6) is 0.0751. The van der Waals surface area contributed by atoms with Crippen LogP contribution in [0.15, 0.2) is 30.5 Å². The first-order chi connectivity index (χ1) is 11.1. The number of H-pyrrole nitrogens is 1. The number of nitrogens with zero attached hydrogens (tertiary/aromatic N) is 1. The molecule has 1 amide bonds. The first-order valence-electron chi connectivity index (χ1n) is 7.55. The molecular formula is C17H18ClN3OS. The van der Waals surface area contributed by atoms with Crippen molar-refractivity contribution < 1.29 is 4.79 Å². The van der Waals surface area contributed by atoms with Crippen LogP contribution in [0.2, 0.25) is 4.47 Å². The molecule has 0 fully saturated rings. The molecule has 0 bridgehead atoms. The smallest absolute Gasteiger partial charge is 0.271 e. The standard InChI is InChI=1S/C17H18ClN3OS/c1-10(2)15-14(21-17(18)23-15)16(22)19-8-7-11-9-20-13-6-4-3-5-12(11)13/h3-6,9-10,20H,7-8H2,1-2H3,(H,19,22). The average Bonchev–Trinajstić information content (AvgIpc) is 3.11. The summed E-state index contributed by atoms with van der Waals surface area (Å²) in [6.45, 7) is 4.63. The number of benzene rings is 1. The van der Waals surface area contributed by atoms with Gasteiger partial charge in [-0.25, -0.2) is 4.98 Å². The Kier molecular flexibility index (Phi) is 4.68. The summed E-state index contributed by atoms with van der Waals surface area (Å²) >= 11 is 7.33. The molecule has 3 rings (SSSR count). The predicted molar refractivity (Wildman–Crippen MR) is 95.5 cm³/mol. The minimum absolute atomic E-state index is 0.156. The maximum absolute atomic E-state index is 12.3. The summed E-state index contributed by atoms with van der Waals surface area (Å²) in [4.78, 5) is 20.7. The van der Waals surface area contributed by atoms with Crippen LogP contribution in [-0.2, 0) is 6.42 Å². The minimum Gasteiger partial charge on any atom is -0.361 e. The van der Waals surface area contributed by atoms with Gasteiger partial charge >= 0.3 is 0 Å². The molecule has 1 aromatic carbocycles. The number of thiazole rings is 1. The van der Waals surface area contributed by atoms with Gasteiger partial charge in [0.1, 0.15) is 5.69 Å². The SMILES string of the molecule is CC(C)c1sc(Cl)nc1C(=O)NCCc1c[nH]c2ccccc12. The van der Waals surface area contributed by atoms with Gasteiger partial charge in [0.05, 0.1) is 0 Å². The highest BCUT2D eigenvalue weighted by Gasteiger charge is 2.19. The zero-order valence-electron chi connectivity index (χ0n) is 13.0. The van der Waals surface area contributed by atoms with E-state index in [4.69, 9.17) is 11.6 Å². The molecule has 2 heterocycles. The second kappa shape index (κ2) is 6.72. The molecule has 0 unspecified atom stereocenters. The maximum Gasteiger partial charge on any atom is 0.271 e. The summed E-state index contributed by atoms with van der Waals surface area (Å²) in [6, 6.07) is 8.15. The van der Waals surface area contributed by atoms with Crippen molar-refractivity contribution in [3.8, 4) is 0 Å². The monoisotopic (exact) mass is 347 g/mol. The van der Waals surface area contributed by atoms with Crippen LogP contribution in [0.4, 0.5) is 0 Å². The number of aromatic amines is 1. The molecule has 6 heteroatoms. The number of carbonyl (C=O) groups is 1. The average molecular weight is 348 g/mol. The van der Waals surface area contributed by atoms with Crippen LogP contribution in [0, 0.1) is 0 Å². The number of hydrogen-bond acceptors (Lipinski definition) is 3. The number of amides is 1. The van der Waals surface area contributed by atoms with Crippen LogP contribution in [0.1, 0.15) is 40.7 Å². The van der Waals surface area contributed by atoms with Gasteiger partial charge in [0.15, 0.2) is 4.47 Å². The third-order valence-electron chi connectivity index (χ3n) is 3.72. The lowest BCUT2D eigenvalue weighted by Gasteiger charge is -2.06. The number of aromatic nitrogens is 2. The third-order valence-corrected chi connectivity index (χ3v) is 5.18. The Hall–Kier alpha value is -1.85. The van der Waals surface area contributed by atoms with E-state index in [1.807, 2.05) is 38.2 Å². The number of halogens is 1. The van der Waals surface area contributed by atoms with Crippen molar-refractivity contribution >= 4 is 39.7 Å². The van der Waals surface area contributed by atoms with Gasteiger partial charge in [-0.1, -0.05) is 43.6 Å². The van der Waals surface area contributed by atoms with E-state index in [-0.39, 0.29) is 11.8 Å². The highest BCUT2D eigenvalue weighted by atomic mass is 35.5. The number of carbonyl (C=O) groups excluding carboxylic acids is 1. The van der Waals surface area contributed by atoms with Gasteiger partial charge in [0.25, 0.3) is 5.91 Å². The lowest BCUT2D eigenvalue weighted by atomic mass is 10.1. The van der Waals surface area contributed by atoms with Crippen LogP contribution < -0.4 is 5.32 Å². The van der Waals surface area contributed by atoms with Gasteiger partial charge in [-0.3, -0.25) is 4.79 Å². The molecule has 0 aliphatic heterocycles. The molecule has 0 radical (unpaired) electrons. The second-order valence-electron chi connectivity index (χ2n) is 5.70. The topological polar surface area (TPSA) is 57.8 Å². The first-order valence-corrected chi connectivity index (χ1v) is 8.75. The number of rotatable bonds is 5. The highest BCUT2D eigenvalue weighted by molar-refractivity contribution is 7.16. The van der Waals surface area contributed by atoms with E-state index in [2.05, 4.69) is 21.4 Å². The number of hydrogen-bond donors (Lipinski definition) is 2. The minimum atomic E-state index is -0.156. The first kappa shape index (κ1) is 16.0. The van der Waals surface area contributed by atoms with Gasteiger partial charge in [-0.15, -0.1) is 11.3 Å². The van der Waals surface area contributed by atoms with Crippen molar-refractivity contribution in [2.45, 2.75) is 26.2 Å². The zero-order chi connectivity index (χ0) is 16.4. The van der Waals surface area contributed by atoms with Crippen molar-refractivity contribution in [3.05, 3.63) is 51.1 Å². The third kappa shape index (κ3) is 3.41. The van der Waals surface area contributed by atoms with Gasteiger partial charge in [-0.2, -0.15) is 0 Å². The van der Waals surface area contributed by atoms with E-state index in [0.717, 1.165) is 16.8 Å². The largest absolute Gasteiger partial charge is 0.361 e. The Morgan fingerprint density at radius 2 is 2.17 bits per heavy atom. The van der Waals surface area contributed by atoms with Crippen molar-refractivity contribution in [3.63, 3.8) is 0 Å². The Morgan fingerprint density at radius 1 is 1.39 bits per heavy atom.